The quantitative estimate of drug-likeness (QED) is 0.737. The summed E-state index contributed by atoms with van der Waals surface area (Å²) < 4.78 is 12.3. The summed E-state index contributed by atoms with van der Waals surface area (Å²) in [6, 6.07) is 0. The standard InChI is InChI=1S/C7H10FN3O2.2ClH/c8-3-7(9,6(12)13)1-5-2-10-4-11-5;;/h2,4H,1,3,9H2,(H,10,11)(H,12,13);2*1H/t7-;;/m1../s1. The highest BCUT2D eigenvalue weighted by molar-refractivity contribution is 5.85. The highest BCUT2D eigenvalue weighted by atomic mass is 35.5. The van der Waals surface area contributed by atoms with Gasteiger partial charge in [-0.25, -0.2) is 9.37 Å². The summed E-state index contributed by atoms with van der Waals surface area (Å²) in [6.07, 6.45) is 2.70. The van der Waals surface area contributed by atoms with Crippen molar-refractivity contribution in [1.29, 1.82) is 0 Å². The normalized spacial score (nSPS) is 13.2. The van der Waals surface area contributed by atoms with Crippen LogP contribution >= 0.6 is 24.8 Å². The maximum Gasteiger partial charge on any atom is 0.326 e. The topological polar surface area (TPSA) is 92.0 Å². The van der Waals surface area contributed by atoms with Crippen LogP contribution in [-0.4, -0.2) is 33.3 Å². The summed E-state index contributed by atoms with van der Waals surface area (Å²) in [5, 5.41) is 8.63. The van der Waals surface area contributed by atoms with E-state index in [1.54, 1.807) is 0 Å². The second-order valence-electron chi connectivity index (χ2n) is 2.85. The summed E-state index contributed by atoms with van der Waals surface area (Å²) in [7, 11) is 0. The first-order valence-electron chi connectivity index (χ1n) is 3.64. The van der Waals surface area contributed by atoms with Crippen molar-refractivity contribution < 1.29 is 14.3 Å². The molecule has 15 heavy (non-hydrogen) atoms. The van der Waals surface area contributed by atoms with Gasteiger partial charge in [-0.2, -0.15) is 0 Å². The minimum atomic E-state index is -1.85. The second-order valence-corrected chi connectivity index (χ2v) is 2.85. The van der Waals surface area contributed by atoms with Gasteiger partial charge in [0.2, 0.25) is 0 Å². The fourth-order valence-corrected chi connectivity index (χ4v) is 0.901. The van der Waals surface area contributed by atoms with E-state index in [0.29, 0.717) is 5.69 Å². The molecule has 0 saturated carbocycles. The Kier molecular flexibility index (Phi) is 7.29. The van der Waals surface area contributed by atoms with Gasteiger partial charge in [0.15, 0.2) is 0 Å². The van der Waals surface area contributed by atoms with Crippen molar-refractivity contribution in [3.8, 4) is 0 Å². The number of carbonyl (C=O) groups is 1. The second kappa shape index (κ2) is 6.60. The SMILES string of the molecule is Cl.Cl.N[C@@](CF)(Cc1cnc[nH]1)C(=O)O. The number of aromatic amines is 1. The number of alkyl halides is 1. The fraction of sp³-hybridized carbons (Fsp3) is 0.429. The molecule has 0 aliphatic heterocycles. The molecule has 0 saturated heterocycles. The number of halogens is 3. The van der Waals surface area contributed by atoms with Gasteiger partial charge in [0.1, 0.15) is 12.2 Å². The molecule has 1 atom stereocenters. The van der Waals surface area contributed by atoms with Crippen LogP contribution in [0.25, 0.3) is 0 Å². The number of H-pyrrole nitrogens is 1. The molecule has 8 heteroatoms. The van der Waals surface area contributed by atoms with Crippen LogP contribution in [0.1, 0.15) is 5.69 Å². The van der Waals surface area contributed by atoms with E-state index in [0.717, 1.165) is 0 Å². The molecule has 0 radical (unpaired) electrons. The molecule has 4 N–H and O–H groups in total. The largest absolute Gasteiger partial charge is 0.480 e. The number of imidazole rings is 1. The maximum absolute atomic E-state index is 12.3. The van der Waals surface area contributed by atoms with Crippen molar-refractivity contribution in [2.24, 2.45) is 5.73 Å². The molecule has 5 nitrogen and oxygen atoms in total. The number of aliphatic carboxylic acids is 1. The molecule has 1 rings (SSSR count). The van der Waals surface area contributed by atoms with Gasteiger partial charge >= 0.3 is 5.97 Å². The molecule has 0 unspecified atom stereocenters. The van der Waals surface area contributed by atoms with Crippen LogP contribution < -0.4 is 5.73 Å². The van der Waals surface area contributed by atoms with E-state index in [2.05, 4.69) is 9.97 Å². The third-order valence-corrected chi connectivity index (χ3v) is 1.73. The van der Waals surface area contributed by atoms with Crippen molar-refractivity contribution in [3.05, 3.63) is 18.2 Å². The van der Waals surface area contributed by atoms with Gasteiger partial charge in [-0.05, 0) is 0 Å². The molecule has 0 fully saturated rings. The summed E-state index contributed by atoms with van der Waals surface area (Å²) in [4.78, 5) is 16.9. The molecule has 0 bridgehead atoms. The summed E-state index contributed by atoms with van der Waals surface area (Å²) >= 11 is 0. The van der Waals surface area contributed by atoms with E-state index in [1.807, 2.05) is 0 Å². The number of hydrogen-bond donors (Lipinski definition) is 3. The lowest BCUT2D eigenvalue weighted by atomic mass is 9.97. The van der Waals surface area contributed by atoms with E-state index in [-0.39, 0.29) is 31.2 Å². The summed E-state index contributed by atoms with van der Waals surface area (Å²) in [6.45, 7) is -1.11. The van der Waals surface area contributed by atoms with Crippen LogP contribution in [0, 0.1) is 0 Å². The van der Waals surface area contributed by atoms with Crippen molar-refractivity contribution in [2.45, 2.75) is 12.0 Å². The fourth-order valence-electron chi connectivity index (χ4n) is 0.901. The van der Waals surface area contributed by atoms with E-state index in [9.17, 15) is 9.18 Å². The van der Waals surface area contributed by atoms with Crippen molar-refractivity contribution in [1.82, 2.24) is 9.97 Å². The Hall–Kier alpha value is -0.850. The molecule has 0 amide bonds. The van der Waals surface area contributed by atoms with Crippen LogP contribution in [0.4, 0.5) is 4.39 Å². The van der Waals surface area contributed by atoms with Crippen LogP contribution in [0.5, 0.6) is 0 Å². The number of aromatic nitrogens is 2. The Balaban J connectivity index is 0. The van der Waals surface area contributed by atoms with Crippen LogP contribution in [-0.2, 0) is 11.2 Å². The van der Waals surface area contributed by atoms with E-state index in [1.165, 1.54) is 12.5 Å². The molecule has 0 spiro atoms. The van der Waals surface area contributed by atoms with Gasteiger partial charge in [-0.1, -0.05) is 0 Å². The van der Waals surface area contributed by atoms with Gasteiger partial charge in [-0.3, -0.25) is 4.79 Å². The van der Waals surface area contributed by atoms with Crippen molar-refractivity contribution in [3.63, 3.8) is 0 Å². The molecule has 0 aromatic carbocycles. The van der Waals surface area contributed by atoms with E-state index >= 15 is 0 Å². The highest BCUT2D eigenvalue weighted by Crippen LogP contribution is 2.09. The molecule has 1 aromatic heterocycles. The molecule has 88 valence electrons. The third-order valence-electron chi connectivity index (χ3n) is 1.73. The van der Waals surface area contributed by atoms with Gasteiger partial charge in [-0.15, -0.1) is 24.8 Å². The number of rotatable bonds is 4. The first-order valence-corrected chi connectivity index (χ1v) is 3.64. The number of nitrogens with one attached hydrogen (secondary N) is 1. The lowest BCUT2D eigenvalue weighted by Crippen LogP contribution is -2.52. The lowest BCUT2D eigenvalue weighted by molar-refractivity contribution is -0.144. The summed E-state index contributed by atoms with van der Waals surface area (Å²) in [5.74, 6) is -1.36. The van der Waals surface area contributed by atoms with Gasteiger partial charge < -0.3 is 15.8 Å². The zero-order chi connectivity index (χ0) is 9.90. The number of carboxylic acid groups (broad SMARTS) is 1. The molecule has 1 aromatic rings. The summed E-state index contributed by atoms with van der Waals surface area (Å²) in [5.41, 5.74) is 3.96. The van der Waals surface area contributed by atoms with Crippen LogP contribution in [0.2, 0.25) is 0 Å². The average molecular weight is 260 g/mol. The Morgan fingerprint density at radius 3 is 2.60 bits per heavy atom. The monoisotopic (exact) mass is 259 g/mol. The van der Waals surface area contributed by atoms with Gasteiger partial charge in [0, 0.05) is 18.3 Å². The Morgan fingerprint density at radius 1 is 1.67 bits per heavy atom. The zero-order valence-corrected chi connectivity index (χ0v) is 9.28. The lowest BCUT2D eigenvalue weighted by Gasteiger charge is -2.19. The number of hydrogen-bond acceptors (Lipinski definition) is 3. The predicted molar refractivity (Wildman–Crippen MR) is 57.3 cm³/mol. The Morgan fingerprint density at radius 2 is 2.27 bits per heavy atom. The molecular formula is C7H12Cl2FN3O2. The third kappa shape index (κ3) is 4.03. The van der Waals surface area contributed by atoms with Crippen LogP contribution in [0.15, 0.2) is 12.5 Å². The number of nitrogens with zero attached hydrogens (tertiary/aromatic N) is 1. The van der Waals surface area contributed by atoms with Gasteiger partial charge in [0.25, 0.3) is 0 Å². The first kappa shape index (κ1) is 16.6. The van der Waals surface area contributed by atoms with Crippen molar-refractivity contribution in [2.75, 3.05) is 6.67 Å². The molecular weight excluding hydrogens is 248 g/mol. The Labute approximate surface area is 98.1 Å². The average Bonchev–Trinajstić information content (AvgIpc) is 2.56. The smallest absolute Gasteiger partial charge is 0.326 e. The van der Waals surface area contributed by atoms with Crippen molar-refractivity contribution >= 4 is 30.8 Å². The molecule has 0 aliphatic rings. The molecule has 1 heterocycles. The van der Waals surface area contributed by atoms with E-state index in [4.69, 9.17) is 10.8 Å². The minimum absolute atomic E-state index is 0. The number of nitrogens with two attached hydrogens (primary N) is 1. The van der Waals surface area contributed by atoms with Crippen LogP contribution in [0.3, 0.4) is 0 Å². The highest BCUT2D eigenvalue weighted by Gasteiger charge is 2.34. The minimum Gasteiger partial charge on any atom is -0.480 e. The Bertz CT molecular complexity index is 296. The predicted octanol–water partition coefficient (Wildman–Crippen LogP) is 0.547. The first-order chi connectivity index (χ1) is 6.08. The molecule has 0 aliphatic carbocycles. The van der Waals surface area contributed by atoms with E-state index < -0.39 is 18.2 Å². The zero-order valence-electron chi connectivity index (χ0n) is 7.64. The van der Waals surface area contributed by atoms with Gasteiger partial charge in [0.05, 0.1) is 6.33 Å². The number of carboxylic acids is 1. The maximum atomic E-state index is 12.3.